The van der Waals surface area contributed by atoms with Gasteiger partial charge in [-0.05, 0) is 75.1 Å². The molecule has 3 aromatic heterocycles. The summed E-state index contributed by atoms with van der Waals surface area (Å²) in [6, 6.07) is 9.51. The van der Waals surface area contributed by atoms with Gasteiger partial charge in [0.2, 0.25) is 10.9 Å². The van der Waals surface area contributed by atoms with E-state index in [2.05, 4.69) is 49.2 Å². The van der Waals surface area contributed by atoms with Crippen LogP contribution in [0, 0.1) is 26.2 Å². The van der Waals surface area contributed by atoms with Crippen molar-refractivity contribution in [3.8, 4) is 11.3 Å². The molecule has 0 N–H and O–H groups in total. The number of carbonyl (C=O) groups excluding carboxylic acids is 1. The zero-order chi connectivity index (χ0) is 26.0. The minimum Gasteiger partial charge on any atom is -0.342 e. The summed E-state index contributed by atoms with van der Waals surface area (Å²) >= 11 is 1.56. The second-order valence-electron chi connectivity index (χ2n) is 11.5. The number of likely N-dealkylation sites (tertiary alicyclic amines) is 2. The van der Waals surface area contributed by atoms with Crippen LogP contribution >= 0.6 is 11.3 Å². The molecule has 1 aromatic carbocycles. The molecule has 8 nitrogen and oxygen atoms in total. The summed E-state index contributed by atoms with van der Waals surface area (Å²) in [5.41, 5.74) is 7.36. The van der Waals surface area contributed by atoms with E-state index in [1.54, 1.807) is 15.9 Å². The zero-order valence-electron chi connectivity index (χ0n) is 22.3. The highest BCUT2D eigenvalue weighted by atomic mass is 32.1. The van der Waals surface area contributed by atoms with E-state index < -0.39 is 0 Å². The molecule has 2 aliphatic heterocycles. The van der Waals surface area contributed by atoms with Crippen LogP contribution in [0.15, 0.2) is 30.5 Å². The van der Waals surface area contributed by atoms with E-state index in [4.69, 9.17) is 0 Å². The van der Waals surface area contributed by atoms with Gasteiger partial charge in [0, 0.05) is 43.5 Å². The largest absolute Gasteiger partial charge is 0.342 e. The molecular weight excluding hydrogens is 494 g/mol. The lowest BCUT2D eigenvalue weighted by Gasteiger charge is -2.56. The quantitative estimate of drug-likeness (QED) is 0.393. The van der Waals surface area contributed by atoms with Gasteiger partial charge in [-0.15, -0.1) is 0 Å². The third-order valence-electron chi connectivity index (χ3n) is 8.67. The fourth-order valence-electron chi connectivity index (χ4n) is 6.78. The zero-order valence-corrected chi connectivity index (χ0v) is 23.1. The highest BCUT2D eigenvalue weighted by Gasteiger charge is 2.48. The highest BCUT2D eigenvalue weighted by molar-refractivity contribution is 7.16. The summed E-state index contributed by atoms with van der Waals surface area (Å²) in [6.45, 7) is 9.96. The number of nitrogens with zero attached hydrogens (tertiary/aromatic N) is 7. The van der Waals surface area contributed by atoms with E-state index in [0.29, 0.717) is 17.9 Å². The Morgan fingerprint density at radius 2 is 1.89 bits per heavy atom. The van der Waals surface area contributed by atoms with Crippen molar-refractivity contribution in [3.63, 3.8) is 0 Å². The molecule has 7 rings (SSSR count). The second-order valence-corrected chi connectivity index (χ2v) is 12.6. The first kappa shape index (κ1) is 23.9. The SMILES string of the molecule is Cc1cc(-c2ccc3c(c2)CCC3N2CC3(CCN(C(=O)Cc4cn5nc(C)sc5n4)CC3)C2)nc(C)n1. The second kappa shape index (κ2) is 8.95. The van der Waals surface area contributed by atoms with Gasteiger partial charge in [0.05, 0.1) is 24.0 Å². The van der Waals surface area contributed by atoms with Crippen molar-refractivity contribution in [2.45, 2.75) is 58.9 Å². The average Bonchev–Trinajstić information content (AvgIpc) is 3.54. The predicted molar refractivity (Wildman–Crippen MR) is 147 cm³/mol. The molecule has 38 heavy (non-hydrogen) atoms. The van der Waals surface area contributed by atoms with Gasteiger partial charge >= 0.3 is 0 Å². The molecule has 3 aliphatic rings. The van der Waals surface area contributed by atoms with Gasteiger partial charge in [0.25, 0.3) is 0 Å². The molecule has 1 spiro atoms. The lowest BCUT2D eigenvalue weighted by molar-refractivity contribution is -0.136. The summed E-state index contributed by atoms with van der Waals surface area (Å²) in [7, 11) is 0. The number of rotatable bonds is 4. The van der Waals surface area contributed by atoms with Crippen LogP contribution in [0.3, 0.4) is 0 Å². The van der Waals surface area contributed by atoms with E-state index in [9.17, 15) is 4.79 Å². The molecule has 1 atom stereocenters. The highest BCUT2D eigenvalue weighted by Crippen LogP contribution is 2.48. The van der Waals surface area contributed by atoms with Crippen molar-refractivity contribution in [1.82, 2.24) is 34.4 Å². The monoisotopic (exact) mass is 527 g/mol. The molecule has 0 bridgehead atoms. The lowest BCUT2D eigenvalue weighted by atomic mass is 9.71. The van der Waals surface area contributed by atoms with E-state index in [1.807, 2.05) is 31.9 Å². The summed E-state index contributed by atoms with van der Waals surface area (Å²) in [6.07, 6.45) is 6.77. The van der Waals surface area contributed by atoms with Crippen LogP contribution in [-0.4, -0.2) is 66.5 Å². The molecule has 1 amide bonds. The summed E-state index contributed by atoms with van der Waals surface area (Å²) in [4.78, 5) is 32.2. The number of benzene rings is 1. The van der Waals surface area contributed by atoms with Gasteiger partial charge in [0.15, 0.2) is 0 Å². The number of fused-ring (bicyclic) bond motifs is 2. The molecule has 1 aliphatic carbocycles. The third-order valence-corrected chi connectivity index (χ3v) is 9.51. The number of amides is 1. The van der Waals surface area contributed by atoms with E-state index >= 15 is 0 Å². The number of piperidine rings is 1. The number of imidazole rings is 1. The van der Waals surface area contributed by atoms with Crippen molar-refractivity contribution in [2.24, 2.45) is 5.41 Å². The maximum Gasteiger partial charge on any atom is 0.228 e. The number of hydrogen-bond donors (Lipinski definition) is 0. The maximum absolute atomic E-state index is 13.0. The maximum atomic E-state index is 13.0. The first-order chi connectivity index (χ1) is 18.3. The first-order valence-corrected chi connectivity index (χ1v) is 14.4. The average molecular weight is 528 g/mol. The van der Waals surface area contributed by atoms with Crippen molar-refractivity contribution < 1.29 is 4.79 Å². The molecule has 196 valence electrons. The Morgan fingerprint density at radius 1 is 1.08 bits per heavy atom. The number of hydrogen-bond acceptors (Lipinski definition) is 7. The van der Waals surface area contributed by atoms with Gasteiger partial charge in [0.1, 0.15) is 10.8 Å². The minimum atomic E-state index is 0.188. The van der Waals surface area contributed by atoms with Gasteiger partial charge in [-0.25, -0.2) is 19.5 Å². The summed E-state index contributed by atoms with van der Waals surface area (Å²) in [5, 5.41) is 5.39. The van der Waals surface area contributed by atoms with Gasteiger partial charge in [-0.2, -0.15) is 5.10 Å². The Bertz CT molecular complexity index is 1490. The van der Waals surface area contributed by atoms with Crippen molar-refractivity contribution in [1.29, 1.82) is 0 Å². The summed E-state index contributed by atoms with van der Waals surface area (Å²) < 4.78 is 1.79. The molecule has 0 radical (unpaired) electrons. The lowest BCUT2D eigenvalue weighted by Crippen LogP contribution is -2.61. The Kier molecular flexibility index (Phi) is 5.63. The van der Waals surface area contributed by atoms with Crippen LogP contribution in [0.2, 0.25) is 0 Å². The van der Waals surface area contributed by atoms with E-state index in [-0.39, 0.29) is 5.91 Å². The molecule has 0 saturated carbocycles. The molecule has 1 unspecified atom stereocenters. The normalized spacial score (nSPS) is 20.7. The number of aryl methyl sites for hydroxylation is 4. The molecule has 2 fully saturated rings. The Morgan fingerprint density at radius 3 is 2.66 bits per heavy atom. The van der Waals surface area contributed by atoms with Crippen LogP contribution in [-0.2, 0) is 17.6 Å². The Hall–Kier alpha value is -3.17. The molecule has 5 heterocycles. The van der Waals surface area contributed by atoms with Crippen LogP contribution < -0.4 is 0 Å². The molecule has 4 aromatic rings. The minimum absolute atomic E-state index is 0.188. The van der Waals surface area contributed by atoms with Gasteiger partial charge in [-0.1, -0.05) is 23.5 Å². The summed E-state index contributed by atoms with van der Waals surface area (Å²) in [5.74, 6) is 1.01. The standard InChI is InChI=1S/C29H33N7OS/c1-18-12-25(31-19(2)30-18)22-4-6-24-21(13-22)5-7-26(24)35-16-29(17-35)8-10-34(11-9-29)27(37)14-23-15-36-28(32-23)38-20(3)33-36/h4,6,12-13,15,26H,5,7-11,14,16-17H2,1-3H3. The smallest absolute Gasteiger partial charge is 0.228 e. The van der Waals surface area contributed by atoms with E-state index in [0.717, 1.165) is 78.3 Å². The van der Waals surface area contributed by atoms with Crippen molar-refractivity contribution in [3.05, 3.63) is 63.8 Å². The topological polar surface area (TPSA) is 79.5 Å². The number of carbonyl (C=O) groups is 1. The molecular formula is C29H33N7OS. The third kappa shape index (κ3) is 4.22. The molecule has 2 saturated heterocycles. The fourth-order valence-corrected chi connectivity index (χ4v) is 7.52. The van der Waals surface area contributed by atoms with Crippen LogP contribution in [0.5, 0.6) is 0 Å². The predicted octanol–water partition coefficient (Wildman–Crippen LogP) is 4.33. The van der Waals surface area contributed by atoms with Crippen LogP contribution in [0.25, 0.3) is 16.2 Å². The Labute approximate surface area is 226 Å². The van der Waals surface area contributed by atoms with Crippen LogP contribution in [0.1, 0.15) is 58.7 Å². The van der Waals surface area contributed by atoms with E-state index in [1.165, 1.54) is 23.1 Å². The number of aromatic nitrogens is 5. The van der Waals surface area contributed by atoms with Crippen LogP contribution in [0.4, 0.5) is 0 Å². The fraction of sp³-hybridized carbons (Fsp3) is 0.483. The van der Waals surface area contributed by atoms with Crippen molar-refractivity contribution in [2.75, 3.05) is 26.2 Å². The first-order valence-electron chi connectivity index (χ1n) is 13.6. The Balaban J connectivity index is 0.956. The van der Waals surface area contributed by atoms with Gasteiger partial charge < -0.3 is 4.90 Å². The molecule has 9 heteroatoms. The van der Waals surface area contributed by atoms with Crippen molar-refractivity contribution >= 4 is 22.2 Å². The van der Waals surface area contributed by atoms with Gasteiger partial charge in [-0.3, -0.25) is 9.69 Å².